The summed E-state index contributed by atoms with van der Waals surface area (Å²) in [7, 11) is -7.43. The molecule has 0 atom stereocenters. The number of carbonyl (C=O) groups is 1. The molecule has 19 heavy (non-hydrogen) atoms. The molecule has 0 bridgehead atoms. The molecule has 1 N–H and O–H groups in total. The minimum atomic E-state index is -3.98. The van der Waals surface area contributed by atoms with Crippen LogP contribution in [0.1, 0.15) is 10.4 Å². The zero-order chi connectivity index (χ0) is 14.8. The number of benzene rings is 1. The number of hydrogen-bond donors (Lipinski definition) is 1. The molecule has 0 radical (unpaired) electrons. The molecule has 1 aromatic carbocycles. The average Bonchev–Trinajstić information content (AvgIpc) is 2.25. The van der Waals surface area contributed by atoms with Crippen LogP contribution < -0.4 is 0 Å². The van der Waals surface area contributed by atoms with E-state index in [9.17, 15) is 21.6 Å². The number of carboxylic acid groups (broad SMARTS) is 1. The third kappa shape index (κ3) is 4.59. The Balaban J connectivity index is 3.28. The number of rotatable bonds is 5. The smallest absolute Gasteiger partial charge is 0.337 e. The maximum Gasteiger partial charge on any atom is 0.337 e. The Labute approximate surface area is 119 Å². The summed E-state index contributed by atoms with van der Waals surface area (Å²) in [6.45, 7) is 0. The molecule has 0 saturated heterocycles. The van der Waals surface area contributed by atoms with Gasteiger partial charge in [-0.3, -0.25) is 0 Å². The fourth-order valence-electron chi connectivity index (χ4n) is 1.30. The SMILES string of the molecule is CS(=O)(=O)CCS(=O)(=O)c1cc(Br)ccc1C(=O)O. The zero-order valence-corrected chi connectivity index (χ0v) is 13.0. The first-order valence-corrected chi connectivity index (χ1v) is 9.47. The van der Waals surface area contributed by atoms with Gasteiger partial charge in [0.15, 0.2) is 9.84 Å². The van der Waals surface area contributed by atoms with E-state index < -0.39 is 42.0 Å². The maximum atomic E-state index is 12.0. The van der Waals surface area contributed by atoms with Gasteiger partial charge in [-0.25, -0.2) is 21.6 Å². The predicted octanol–water partition coefficient (Wildman–Crippen LogP) is 0.966. The van der Waals surface area contributed by atoms with Crippen molar-refractivity contribution in [1.29, 1.82) is 0 Å². The van der Waals surface area contributed by atoms with E-state index in [1.807, 2.05) is 0 Å². The lowest BCUT2D eigenvalue weighted by atomic mass is 10.2. The first kappa shape index (κ1) is 16.1. The zero-order valence-electron chi connectivity index (χ0n) is 9.83. The molecule has 0 saturated carbocycles. The lowest BCUT2D eigenvalue weighted by Crippen LogP contribution is -2.18. The predicted molar refractivity (Wildman–Crippen MR) is 72.9 cm³/mol. The van der Waals surface area contributed by atoms with Gasteiger partial charge in [0.25, 0.3) is 0 Å². The normalized spacial score (nSPS) is 12.3. The minimum Gasteiger partial charge on any atom is -0.478 e. The lowest BCUT2D eigenvalue weighted by Gasteiger charge is -2.08. The third-order valence-electron chi connectivity index (χ3n) is 2.23. The standard InChI is InChI=1S/C10H11BrO6S2/c1-18(14,15)4-5-19(16,17)9-6-7(11)2-3-8(9)10(12)13/h2-3,6H,4-5H2,1H3,(H,12,13). The molecule has 0 amide bonds. The summed E-state index contributed by atoms with van der Waals surface area (Å²) >= 11 is 3.05. The van der Waals surface area contributed by atoms with E-state index in [4.69, 9.17) is 5.11 Å². The van der Waals surface area contributed by atoms with Crippen LogP contribution in [0.25, 0.3) is 0 Å². The number of carboxylic acids is 1. The van der Waals surface area contributed by atoms with Crippen molar-refractivity contribution in [3.63, 3.8) is 0 Å². The van der Waals surface area contributed by atoms with Crippen LogP contribution in [0.5, 0.6) is 0 Å². The molecule has 6 nitrogen and oxygen atoms in total. The van der Waals surface area contributed by atoms with Crippen LogP contribution in [-0.2, 0) is 19.7 Å². The first-order valence-electron chi connectivity index (χ1n) is 4.96. The minimum absolute atomic E-state index is 0.378. The van der Waals surface area contributed by atoms with E-state index >= 15 is 0 Å². The van der Waals surface area contributed by atoms with Crippen molar-refractivity contribution in [2.75, 3.05) is 17.8 Å². The Morgan fingerprint density at radius 3 is 2.26 bits per heavy atom. The van der Waals surface area contributed by atoms with Crippen molar-refractivity contribution in [3.8, 4) is 0 Å². The molecular formula is C10H11BrO6S2. The highest BCUT2D eigenvalue weighted by atomic mass is 79.9. The van der Waals surface area contributed by atoms with Gasteiger partial charge in [-0.1, -0.05) is 15.9 Å². The highest BCUT2D eigenvalue weighted by Gasteiger charge is 2.24. The third-order valence-corrected chi connectivity index (χ3v) is 5.68. The second-order valence-corrected chi connectivity index (χ2v) is 9.15. The molecule has 0 unspecified atom stereocenters. The van der Waals surface area contributed by atoms with Gasteiger partial charge in [0.2, 0.25) is 0 Å². The second-order valence-electron chi connectivity index (χ2n) is 3.89. The van der Waals surface area contributed by atoms with Crippen molar-refractivity contribution in [1.82, 2.24) is 0 Å². The molecule has 0 aliphatic heterocycles. The molecular weight excluding hydrogens is 360 g/mol. The maximum absolute atomic E-state index is 12.0. The Hall–Kier alpha value is -0.930. The Kier molecular flexibility index (Phi) is 4.75. The molecule has 0 heterocycles. The van der Waals surface area contributed by atoms with Gasteiger partial charge in [0, 0.05) is 10.7 Å². The van der Waals surface area contributed by atoms with Crippen LogP contribution in [0.15, 0.2) is 27.6 Å². The molecule has 9 heteroatoms. The van der Waals surface area contributed by atoms with E-state index in [-0.39, 0.29) is 5.56 Å². The van der Waals surface area contributed by atoms with Crippen LogP contribution in [0, 0.1) is 0 Å². The Morgan fingerprint density at radius 1 is 1.21 bits per heavy atom. The Bertz CT molecular complexity index is 706. The van der Waals surface area contributed by atoms with Gasteiger partial charge in [0.1, 0.15) is 9.84 Å². The van der Waals surface area contributed by atoms with Crippen molar-refractivity contribution in [3.05, 3.63) is 28.2 Å². The summed E-state index contributed by atoms with van der Waals surface area (Å²) in [4.78, 5) is 10.6. The van der Waals surface area contributed by atoms with Gasteiger partial charge in [-0.2, -0.15) is 0 Å². The number of hydrogen-bond acceptors (Lipinski definition) is 5. The fraction of sp³-hybridized carbons (Fsp3) is 0.300. The van der Waals surface area contributed by atoms with E-state index in [2.05, 4.69) is 15.9 Å². The molecule has 0 aliphatic carbocycles. The number of sulfone groups is 2. The highest BCUT2D eigenvalue weighted by Crippen LogP contribution is 2.22. The first-order chi connectivity index (χ1) is 8.53. The molecule has 0 aromatic heterocycles. The van der Waals surface area contributed by atoms with Crippen LogP contribution >= 0.6 is 15.9 Å². The molecule has 106 valence electrons. The van der Waals surface area contributed by atoms with Crippen LogP contribution in [0.4, 0.5) is 0 Å². The topological polar surface area (TPSA) is 106 Å². The van der Waals surface area contributed by atoms with Crippen molar-refractivity contribution in [2.45, 2.75) is 4.90 Å². The summed E-state index contributed by atoms with van der Waals surface area (Å²) in [6, 6.07) is 3.71. The quantitative estimate of drug-likeness (QED) is 0.827. The molecule has 0 fully saturated rings. The van der Waals surface area contributed by atoms with Crippen molar-refractivity contribution in [2.24, 2.45) is 0 Å². The largest absolute Gasteiger partial charge is 0.478 e. The van der Waals surface area contributed by atoms with Gasteiger partial charge in [-0.05, 0) is 18.2 Å². The van der Waals surface area contributed by atoms with Gasteiger partial charge < -0.3 is 5.11 Å². The lowest BCUT2D eigenvalue weighted by molar-refractivity contribution is 0.0692. The van der Waals surface area contributed by atoms with Crippen molar-refractivity contribution < 1.29 is 26.7 Å². The highest BCUT2D eigenvalue weighted by molar-refractivity contribution is 9.10. The molecule has 1 rings (SSSR count). The number of aromatic carboxylic acids is 1. The summed E-state index contributed by atoms with van der Waals surface area (Å²) in [6.07, 6.45) is 0.918. The van der Waals surface area contributed by atoms with Gasteiger partial charge in [-0.15, -0.1) is 0 Å². The molecule has 0 spiro atoms. The number of halogens is 1. The second kappa shape index (κ2) is 5.59. The summed E-state index contributed by atoms with van der Waals surface area (Å²) in [5.41, 5.74) is -0.378. The molecule has 1 aromatic rings. The monoisotopic (exact) mass is 370 g/mol. The summed E-state index contributed by atoms with van der Waals surface area (Å²) < 4.78 is 46.4. The van der Waals surface area contributed by atoms with Gasteiger partial charge >= 0.3 is 5.97 Å². The van der Waals surface area contributed by atoms with E-state index in [0.29, 0.717) is 4.47 Å². The summed E-state index contributed by atoms with van der Waals surface area (Å²) in [5, 5.41) is 8.95. The summed E-state index contributed by atoms with van der Waals surface area (Å²) in [5.74, 6) is -2.59. The van der Waals surface area contributed by atoms with E-state index in [1.165, 1.54) is 6.07 Å². The average molecular weight is 371 g/mol. The molecule has 0 aliphatic rings. The van der Waals surface area contributed by atoms with Crippen LogP contribution in [0.3, 0.4) is 0 Å². The fourth-order valence-corrected chi connectivity index (χ4v) is 4.92. The van der Waals surface area contributed by atoms with Crippen molar-refractivity contribution >= 4 is 41.6 Å². The van der Waals surface area contributed by atoms with Crippen LogP contribution in [0.2, 0.25) is 0 Å². The van der Waals surface area contributed by atoms with E-state index in [0.717, 1.165) is 18.4 Å². The van der Waals surface area contributed by atoms with Gasteiger partial charge in [0.05, 0.1) is 22.0 Å². The van der Waals surface area contributed by atoms with E-state index in [1.54, 1.807) is 0 Å². The Morgan fingerprint density at radius 2 is 1.79 bits per heavy atom. The van der Waals surface area contributed by atoms with Crippen LogP contribution in [-0.4, -0.2) is 45.7 Å².